The highest BCUT2D eigenvalue weighted by Crippen LogP contribution is 2.30. The van der Waals surface area contributed by atoms with Gasteiger partial charge >= 0.3 is 0 Å². The number of benzene rings is 1. The number of anilines is 2. The molecule has 0 bridgehead atoms. The van der Waals surface area contributed by atoms with Crippen LogP contribution in [-0.2, 0) is 9.59 Å². The molecule has 4 rings (SSSR count). The Morgan fingerprint density at radius 1 is 1.06 bits per heavy atom. The van der Waals surface area contributed by atoms with E-state index in [9.17, 15) is 9.59 Å². The number of carbonyl (C=O) groups excluding carboxylic acids is 2. The van der Waals surface area contributed by atoms with Gasteiger partial charge < -0.3 is 15.1 Å². The van der Waals surface area contributed by atoms with Crippen molar-refractivity contribution in [2.75, 3.05) is 36.4 Å². The first kappa shape index (κ1) is 22.2. The third-order valence-corrected chi connectivity index (χ3v) is 6.63. The van der Waals surface area contributed by atoms with Crippen LogP contribution < -0.4 is 10.2 Å². The summed E-state index contributed by atoms with van der Waals surface area (Å²) in [7, 11) is 0. The number of unbranched alkanes of at least 4 members (excludes halogenated alkanes) is 2. The molecule has 0 spiro atoms. The number of piperidine rings is 1. The molecule has 0 saturated carbocycles. The number of nitrogens with zero attached hydrogens (tertiary/aromatic N) is 4. The second-order valence-electron chi connectivity index (χ2n) is 8.91. The van der Waals surface area contributed by atoms with E-state index in [-0.39, 0.29) is 11.8 Å². The maximum atomic E-state index is 12.5. The molecule has 1 aromatic heterocycles. The molecule has 3 heterocycles. The minimum absolute atomic E-state index is 0.0316. The largest absolute Gasteiger partial charge is 0.353 e. The van der Waals surface area contributed by atoms with Crippen LogP contribution in [0.1, 0.15) is 56.9 Å². The second kappa shape index (κ2) is 10.6. The van der Waals surface area contributed by atoms with Gasteiger partial charge in [0.2, 0.25) is 11.8 Å². The zero-order valence-electron chi connectivity index (χ0n) is 18.9. The summed E-state index contributed by atoms with van der Waals surface area (Å²) in [5, 5.41) is 11.0. The lowest BCUT2D eigenvalue weighted by atomic mass is 9.89. The van der Waals surface area contributed by atoms with Crippen molar-refractivity contribution in [2.45, 2.75) is 51.4 Å². The van der Waals surface area contributed by atoms with E-state index in [4.69, 9.17) is 0 Å². The summed E-state index contributed by atoms with van der Waals surface area (Å²) in [4.78, 5) is 29.0. The van der Waals surface area contributed by atoms with Crippen LogP contribution in [0, 0.1) is 5.92 Å². The van der Waals surface area contributed by atoms with Crippen molar-refractivity contribution in [3.8, 4) is 0 Å². The molecular formula is C25H33N5O2. The molecule has 2 amide bonds. The van der Waals surface area contributed by atoms with Crippen molar-refractivity contribution in [1.29, 1.82) is 0 Å². The van der Waals surface area contributed by atoms with Gasteiger partial charge in [-0.1, -0.05) is 31.9 Å². The third kappa shape index (κ3) is 5.44. The highest BCUT2D eigenvalue weighted by Gasteiger charge is 2.33. The van der Waals surface area contributed by atoms with Gasteiger partial charge in [0.15, 0.2) is 5.82 Å². The molecule has 2 aromatic rings. The second-order valence-corrected chi connectivity index (χ2v) is 8.91. The van der Waals surface area contributed by atoms with E-state index in [0.29, 0.717) is 31.3 Å². The fourth-order valence-electron chi connectivity index (χ4n) is 4.52. The van der Waals surface area contributed by atoms with Crippen LogP contribution in [0.5, 0.6) is 0 Å². The highest BCUT2D eigenvalue weighted by molar-refractivity contribution is 5.94. The molecule has 2 aliphatic rings. The van der Waals surface area contributed by atoms with Crippen molar-refractivity contribution in [2.24, 2.45) is 5.92 Å². The van der Waals surface area contributed by atoms with Crippen molar-refractivity contribution in [1.82, 2.24) is 15.1 Å². The van der Waals surface area contributed by atoms with Crippen LogP contribution in [0.25, 0.3) is 0 Å². The summed E-state index contributed by atoms with van der Waals surface area (Å²) in [5.41, 5.74) is 2.12. The average Bonchev–Trinajstić information content (AvgIpc) is 2.79. The Morgan fingerprint density at radius 3 is 2.47 bits per heavy atom. The molecule has 1 aromatic carbocycles. The molecule has 7 nitrogen and oxygen atoms in total. The molecule has 170 valence electrons. The van der Waals surface area contributed by atoms with E-state index in [2.05, 4.69) is 39.5 Å². The average molecular weight is 436 g/mol. The minimum atomic E-state index is -0.0316. The number of likely N-dealkylation sites (tertiary alicyclic amines) is 1. The maximum absolute atomic E-state index is 12.5. The first-order valence-electron chi connectivity index (χ1n) is 11.8. The maximum Gasteiger partial charge on any atom is 0.231 e. The normalized spacial score (nSPS) is 17.2. The van der Waals surface area contributed by atoms with Crippen LogP contribution in [0.2, 0.25) is 0 Å². The van der Waals surface area contributed by atoms with Gasteiger partial charge in [0.1, 0.15) is 0 Å². The molecule has 7 heteroatoms. The molecular weight excluding hydrogens is 402 g/mol. The Labute approximate surface area is 190 Å². The Bertz CT molecular complexity index is 888. The Hall–Kier alpha value is -2.96. The molecule has 2 aliphatic heterocycles. The highest BCUT2D eigenvalue weighted by atomic mass is 16.2. The van der Waals surface area contributed by atoms with E-state index < -0.39 is 0 Å². The number of carbonyl (C=O) groups is 2. The predicted molar refractivity (Wildman–Crippen MR) is 126 cm³/mol. The Balaban J connectivity index is 1.21. The summed E-state index contributed by atoms with van der Waals surface area (Å²) < 4.78 is 0. The Kier molecular flexibility index (Phi) is 7.35. The van der Waals surface area contributed by atoms with Gasteiger partial charge in [-0.3, -0.25) is 9.59 Å². The van der Waals surface area contributed by atoms with Gasteiger partial charge in [-0.25, -0.2) is 0 Å². The fourth-order valence-corrected chi connectivity index (χ4v) is 4.52. The van der Waals surface area contributed by atoms with Crippen molar-refractivity contribution >= 4 is 23.3 Å². The third-order valence-electron chi connectivity index (χ3n) is 6.63. The van der Waals surface area contributed by atoms with Crippen LogP contribution in [0.4, 0.5) is 11.5 Å². The number of amides is 2. The SMILES string of the molecule is CCCCCC(=O)N1CCC(c2ccc(NC(=O)C3CN(c4cccnn4)C3)cc2)CC1. The van der Waals surface area contributed by atoms with Crippen LogP contribution in [-0.4, -0.2) is 53.1 Å². The first-order chi connectivity index (χ1) is 15.6. The predicted octanol–water partition coefficient (Wildman–Crippen LogP) is 3.84. The van der Waals surface area contributed by atoms with Gasteiger partial charge in [0.25, 0.3) is 0 Å². The lowest BCUT2D eigenvalue weighted by Crippen LogP contribution is -2.52. The van der Waals surface area contributed by atoms with Crippen LogP contribution in [0.15, 0.2) is 42.6 Å². The molecule has 32 heavy (non-hydrogen) atoms. The van der Waals surface area contributed by atoms with Gasteiger partial charge in [-0.2, -0.15) is 5.10 Å². The van der Waals surface area contributed by atoms with Gasteiger partial charge in [0, 0.05) is 44.5 Å². The molecule has 2 saturated heterocycles. The first-order valence-corrected chi connectivity index (χ1v) is 11.8. The monoisotopic (exact) mass is 435 g/mol. The van der Waals surface area contributed by atoms with Gasteiger partial charge in [0.05, 0.1) is 5.92 Å². The summed E-state index contributed by atoms with van der Waals surface area (Å²) in [6.45, 7) is 5.18. The van der Waals surface area contributed by atoms with Crippen molar-refractivity contribution in [3.63, 3.8) is 0 Å². The van der Waals surface area contributed by atoms with E-state index in [0.717, 1.165) is 56.7 Å². The lowest BCUT2D eigenvalue weighted by molar-refractivity contribution is -0.132. The summed E-state index contributed by atoms with van der Waals surface area (Å²) >= 11 is 0. The van der Waals surface area contributed by atoms with Gasteiger partial charge in [-0.05, 0) is 55.0 Å². The summed E-state index contributed by atoms with van der Waals surface area (Å²) in [6, 6.07) is 12.0. The number of aromatic nitrogens is 2. The number of nitrogens with one attached hydrogen (secondary N) is 1. The molecule has 0 atom stereocenters. The minimum Gasteiger partial charge on any atom is -0.353 e. The van der Waals surface area contributed by atoms with Crippen molar-refractivity contribution in [3.05, 3.63) is 48.2 Å². The topological polar surface area (TPSA) is 78.4 Å². The van der Waals surface area contributed by atoms with Crippen molar-refractivity contribution < 1.29 is 9.59 Å². The fraction of sp³-hybridized carbons (Fsp3) is 0.520. The van der Waals surface area contributed by atoms with E-state index in [1.165, 1.54) is 5.56 Å². The zero-order valence-corrected chi connectivity index (χ0v) is 18.9. The molecule has 0 radical (unpaired) electrons. The molecule has 2 fully saturated rings. The lowest BCUT2D eigenvalue weighted by Gasteiger charge is -2.38. The standard InChI is InChI=1S/C25H33N5O2/c1-2-3-4-7-24(31)29-15-12-20(13-16-29)19-8-10-22(11-9-19)27-25(32)21-17-30(18-21)23-6-5-14-26-28-23/h5-6,8-11,14,20-21H,2-4,7,12-13,15-18H2,1H3,(H,27,32). The molecule has 0 unspecified atom stereocenters. The van der Waals surface area contributed by atoms with E-state index >= 15 is 0 Å². The number of rotatable bonds is 8. The number of hydrogen-bond acceptors (Lipinski definition) is 5. The summed E-state index contributed by atoms with van der Waals surface area (Å²) in [5.74, 6) is 1.62. The van der Waals surface area contributed by atoms with Crippen LogP contribution in [0.3, 0.4) is 0 Å². The molecule has 0 aliphatic carbocycles. The zero-order chi connectivity index (χ0) is 22.3. The smallest absolute Gasteiger partial charge is 0.231 e. The number of hydrogen-bond donors (Lipinski definition) is 1. The van der Waals surface area contributed by atoms with Gasteiger partial charge in [-0.15, -0.1) is 5.10 Å². The van der Waals surface area contributed by atoms with E-state index in [1.807, 2.05) is 29.2 Å². The summed E-state index contributed by atoms with van der Waals surface area (Å²) in [6.07, 6.45) is 7.62. The quantitative estimate of drug-likeness (QED) is 0.638. The Morgan fingerprint density at radius 2 is 1.81 bits per heavy atom. The van der Waals surface area contributed by atoms with Crippen LogP contribution >= 0.6 is 0 Å². The molecule has 1 N–H and O–H groups in total. The van der Waals surface area contributed by atoms with E-state index in [1.54, 1.807) is 6.20 Å².